The van der Waals surface area contributed by atoms with Gasteiger partial charge in [-0.25, -0.2) is 9.37 Å². The molecule has 0 unspecified atom stereocenters. The summed E-state index contributed by atoms with van der Waals surface area (Å²) >= 11 is 0. The summed E-state index contributed by atoms with van der Waals surface area (Å²) in [7, 11) is 1.63. The molecule has 3 rings (SSSR count). The zero-order valence-electron chi connectivity index (χ0n) is 12.4. The molecule has 1 aromatic heterocycles. The van der Waals surface area contributed by atoms with Gasteiger partial charge in [-0.2, -0.15) is 0 Å². The van der Waals surface area contributed by atoms with Crippen molar-refractivity contribution in [2.45, 2.75) is 13.0 Å². The van der Waals surface area contributed by atoms with E-state index in [1.54, 1.807) is 19.2 Å². The first-order valence-corrected chi connectivity index (χ1v) is 7.19. The van der Waals surface area contributed by atoms with Crippen LogP contribution in [0.2, 0.25) is 0 Å². The Morgan fingerprint density at radius 3 is 2.82 bits per heavy atom. The van der Waals surface area contributed by atoms with Crippen LogP contribution in [0.4, 0.5) is 4.39 Å². The summed E-state index contributed by atoms with van der Waals surface area (Å²) in [6.45, 7) is 1.08. The molecule has 0 fully saturated rings. The smallest absolute Gasteiger partial charge is 0.123 e. The minimum atomic E-state index is -0.232. The average molecular weight is 299 g/mol. The van der Waals surface area contributed by atoms with E-state index in [2.05, 4.69) is 9.55 Å². The van der Waals surface area contributed by atoms with Crippen LogP contribution in [0.25, 0.3) is 11.0 Å². The SMILES string of the molecule is COc1ccc2c(c1)nc(CCN)n2Cc1cccc(F)c1. The number of benzene rings is 2. The predicted octanol–water partition coefficient (Wildman–Crippen LogP) is 2.73. The largest absolute Gasteiger partial charge is 0.497 e. The number of methoxy groups -OCH3 is 1. The quantitative estimate of drug-likeness (QED) is 0.788. The van der Waals surface area contributed by atoms with E-state index in [1.165, 1.54) is 6.07 Å². The van der Waals surface area contributed by atoms with Crippen LogP contribution in [0.15, 0.2) is 42.5 Å². The molecule has 22 heavy (non-hydrogen) atoms. The molecule has 3 aromatic rings. The van der Waals surface area contributed by atoms with Crippen molar-refractivity contribution in [3.05, 3.63) is 59.7 Å². The first-order valence-electron chi connectivity index (χ1n) is 7.19. The Bertz CT molecular complexity index is 798. The lowest BCUT2D eigenvalue weighted by Gasteiger charge is -2.09. The minimum Gasteiger partial charge on any atom is -0.497 e. The van der Waals surface area contributed by atoms with Crippen molar-refractivity contribution < 1.29 is 9.13 Å². The Kier molecular flexibility index (Phi) is 4.06. The van der Waals surface area contributed by atoms with Crippen molar-refractivity contribution in [2.24, 2.45) is 5.73 Å². The third-order valence-corrected chi connectivity index (χ3v) is 3.63. The average Bonchev–Trinajstić information content (AvgIpc) is 2.84. The van der Waals surface area contributed by atoms with Crippen molar-refractivity contribution in [1.29, 1.82) is 0 Å². The standard InChI is InChI=1S/C17H18FN3O/c1-22-14-5-6-16-15(10-14)20-17(7-8-19)21(16)11-12-3-2-4-13(18)9-12/h2-6,9-10H,7-8,11,19H2,1H3. The van der Waals surface area contributed by atoms with Crippen LogP contribution in [0.1, 0.15) is 11.4 Å². The molecule has 0 saturated carbocycles. The van der Waals surface area contributed by atoms with Crippen LogP contribution < -0.4 is 10.5 Å². The number of nitrogens with zero attached hydrogens (tertiary/aromatic N) is 2. The monoisotopic (exact) mass is 299 g/mol. The summed E-state index contributed by atoms with van der Waals surface area (Å²) in [6, 6.07) is 12.4. The molecule has 5 heteroatoms. The molecular weight excluding hydrogens is 281 g/mol. The number of aromatic nitrogens is 2. The van der Waals surface area contributed by atoms with E-state index in [0.29, 0.717) is 19.5 Å². The topological polar surface area (TPSA) is 53.1 Å². The van der Waals surface area contributed by atoms with E-state index in [1.807, 2.05) is 24.3 Å². The molecule has 4 nitrogen and oxygen atoms in total. The van der Waals surface area contributed by atoms with Gasteiger partial charge >= 0.3 is 0 Å². The highest BCUT2D eigenvalue weighted by Crippen LogP contribution is 2.23. The van der Waals surface area contributed by atoms with Crippen molar-refractivity contribution in [1.82, 2.24) is 9.55 Å². The summed E-state index contributed by atoms with van der Waals surface area (Å²) in [4.78, 5) is 4.64. The van der Waals surface area contributed by atoms with E-state index in [0.717, 1.165) is 28.2 Å². The summed E-state index contributed by atoms with van der Waals surface area (Å²) in [5, 5.41) is 0. The van der Waals surface area contributed by atoms with E-state index < -0.39 is 0 Å². The van der Waals surface area contributed by atoms with Gasteiger partial charge in [0.05, 0.1) is 18.1 Å². The van der Waals surface area contributed by atoms with Gasteiger partial charge in [0.15, 0.2) is 0 Å². The number of rotatable bonds is 5. The fraction of sp³-hybridized carbons (Fsp3) is 0.235. The maximum atomic E-state index is 13.4. The Labute approximate surface area is 128 Å². The van der Waals surface area contributed by atoms with Crippen LogP contribution in [-0.2, 0) is 13.0 Å². The molecule has 0 atom stereocenters. The number of nitrogens with two attached hydrogens (primary N) is 1. The summed E-state index contributed by atoms with van der Waals surface area (Å²) in [5.41, 5.74) is 8.44. The Morgan fingerprint density at radius 2 is 2.09 bits per heavy atom. The molecular formula is C17H18FN3O. The Morgan fingerprint density at radius 1 is 1.23 bits per heavy atom. The van der Waals surface area contributed by atoms with E-state index >= 15 is 0 Å². The van der Waals surface area contributed by atoms with Gasteiger partial charge in [-0.3, -0.25) is 0 Å². The molecule has 0 bridgehead atoms. The van der Waals surface area contributed by atoms with Crippen molar-refractivity contribution in [3.8, 4) is 5.75 Å². The van der Waals surface area contributed by atoms with Gasteiger partial charge in [-0.1, -0.05) is 12.1 Å². The molecule has 0 saturated heterocycles. The molecule has 0 aliphatic rings. The number of halogens is 1. The van der Waals surface area contributed by atoms with Gasteiger partial charge in [0.2, 0.25) is 0 Å². The van der Waals surface area contributed by atoms with E-state index in [9.17, 15) is 4.39 Å². The highest BCUT2D eigenvalue weighted by Gasteiger charge is 2.11. The third kappa shape index (κ3) is 2.80. The second kappa shape index (κ2) is 6.15. The zero-order chi connectivity index (χ0) is 15.5. The number of hydrogen-bond donors (Lipinski definition) is 1. The molecule has 0 spiro atoms. The van der Waals surface area contributed by atoms with Crippen LogP contribution in [-0.4, -0.2) is 23.2 Å². The normalized spacial score (nSPS) is 11.0. The van der Waals surface area contributed by atoms with Crippen LogP contribution in [0, 0.1) is 5.82 Å². The molecule has 114 valence electrons. The maximum Gasteiger partial charge on any atom is 0.123 e. The third-order valence-electron chi connectivity index (χ3n) is 3.63. The lowest BCUT2D eigenvalue weighted by Crippen LogP contribution is -2.11. The second-order valence-electron chi connectivity index (χ2n) is 5.14. The molecule has 1 heterocycles. The van der Waals surface area contributed by atoms with Crippen LogP contribution in [0.3, 0.4) is 0 Å². The number of imidazole rings is 1. The molecule has 2 aromatic carbocycles. The zero-order valence-corrected chi connectivity index (χ0v) is 12.4. The molecule has 0 amide bonds. The van der Waals surface area contributed by atoms with Crippen molar-refractivity contribution in [2.75, 3.05) is 13.7 Å². The van der Waals surface area contributed by atoms with Gasteiger partial charge in [0.25, 0.3) is 0 Å². The van der Waals surface area contributed by atoms with E-state index in [4.69, 9.17) is 10.5 Å². The van der Waals surface area contributed by atoms with Gasteiger partial charge in [0, 0.05) is 19.0 Å². The lowest BCUT2D eigenvalue weighted by atomic mass is 10.2. The summed E-state index contributed by atoms with van der Waals surface area (Å²) < 4.78 is 20.7. The molecule has 0 radical (unpaired) electrons. The molecule has 2 N–H and O–H groups in total. The van der Waals surface area contributed by atoms with Crippen molar-refractivity contribution in [3.63, 3.8) is 0 Å². The van der Waals surface area contributed by atoms with Crippen molar-refractivity contribution >= 4 is 11.0 Å². The molecule has 0 aliphatic heterocycles. The number of hydrogen-bond acceptors (Lipinski definition) is 3. The van der Waals surface area contributed by atoms with Gasteiger partial charge in [-0.05, 0) is 36.4 Å². The Hall–Kier alpha value is -2.40. The lowest BCUT2D eigenvalue weighted by molar-refractivity contribution is 0.415. The first kappa shape index (κ1) is 14.5. The number of fused-ring (bicyclic) bond motifs is 1. The molecule has 0 aliphatic carbocycles. The predicted molar refractivity (Wildman–Crippen MR) is 84.5 cm³/mol. The minimum absolute atomic E-state index is 0.232. The fourth-order valence-corrected chi connectivity index (χ4v) is 2.60. The highest BCUT2D eigenvalue weighted by molar-refractivity contribution is 5.78. The highest BCUT2D eigenvalue weighted by atomic mass is 19.1. The van der Waals surface area contributed by atoms with Gasteiger partial charge < -0.3 is 15.0 Å². The van der Waals surface area contributed by atoms with Crippen LogP contribution >= 0.6 is 0 Å². The maximum absolute atomic E-state index is 13.4. The van der Waals surface area contributed by atoms with Gasteiger partial charge in [0.1, 0.15) is 17.4 Å². The summed E-state index contributed by atoms with van der Waals surface area (Å²) in [5.74, 6) is 1.43. The second-order valence-corrected chi connectivity index (χ2v) is 5.14. The first-order chi connectivity index (χ1) is 10.7. The summed E-state index contributed by atoms with van der Waals surface area (Å²) in [6.07, 6.45) is 0.673. The van der Waals surface area contributed by atoms with E-state index in [-0.39, 0.29) is 5.82 Å². The van der Waals surface area contributed by atoms with Crippen LogP contribution in [0.5, 0.6) is 5.75 Å². The Balaban J connectivity index is 2.07. The fourth-order valence-electron chi connectivity index (χ4n) is 2.60. The number of ether oxygens (including phenoxy) is 1. The van der Waals surface area contributed by atoms with Gasteiger partial charge in [-0.15, -0.1) is 0 Å².